The van der Waals surface area contributed by atoms with Gasteiger partial charge in [-0.25, -0.2) is 0 Å². The molecule has 2 nitrogen and oxygen atoms in total. The Morgan fingerprint density at radius 3 is 2.36 bits per heavy atom. The van der Waals surface area contributed by atoms with E-state index in [4.69, 9.17) is 4.74 Å². The number of phenols is 1. The van der Waals surface area contributed by atoms with Gasteiger partial charge in [-0.05, 0) is 62.5 Å². The van der Waals surface area contributed by atoms with Crippen LogP contribution in [0.1, 0.15) is 83.8 Å². The van der Waals surface area contributed by atoms with Gasteiger partial charge in [0.25, 0.3) is 0 Å². The standard InChI is InChI=1S/C20H30O2/c1-13(2)15-12-19(3,4)22-18-11-16(17(21)10-14(15)18)20(5)8-6-7-9-20/h10-11,13,15,21H,6-9,12H2,1-5H3. The predicted molar refractivity (Wildman–Crippen MR) is 90.8 cm³/mol. The average Bonchev–Trinajstić information content (AvgIpc) is 2.85. The smallest absolute Gasteiger partial charge is 0.124 e. The molecule has 0 spiro atoms. The largest absolute Gasteiger partial charge is 0.508 e. The van der Waals surface area contributed by atoms with Gasteiger partial charge in [0, 0.05) is 11.1 Å². The van der Waals surface area contributed by atoms with E-state index in [0.717, 1.165) is 30.6 Å². The SMILES string of the molecule is CC(C)C1CC(C)(C)Oc2cc(C3(C)CCCC3)c(O)cc21. The quantitative estimate of drug-likeness (QED) is 0.779. The van der Waals surface area contributed by atoms with Gasteiger partial charge in [-0.15, -0.1) is 0 Å². The summed E-state index contributed by atoms with van der Waals surface area (Å²) in [6.07, 6.45) is 5.85. The topological polar surface area (TPSA) is 29.5 Å². The monoisotopic (exact) mass is 302 g/mol. The Labute approximate surface area is 134 Å². The molecule has 22 heavy (non-hydrogen) atoms. The summed E-state index contributed by atoms with van der Waals surface area (Å²) in [7, 11) is 0. The van der Waals surface area contributed by atoms with Gasteiger partial charge in [-0.1, -0.05) is 33.6 Å². The number of ether oxygens (including phenoxy) is 1. The summed E-state index contributed by atoms with van der Waals surface area (Å²) >= 11 is 0. The maximum absolute atomic E-state index is 10.7. The molecule has 0 saturated heterocycles. The van der Waals surface area contributed by atoms with Gasteiger partial charge in [0.1, 0.15) is 17.1 Å². The lowest BCUT2D eigenvalue weighted by molar-refractivity contribution is 0.0635. The highest BCUT2D eigenvalue weighted by Crippen LogP contribution is 2.51. The van der Waals surface area contributed by atoms with E-state index in [2.05, 4.69) is 40.7 Å². The third-order valence-corrected chi connectivity index (χ3v) is 5.79. The molecule has 2 aliphatic rings. The van der Waals surface area contributed by atoms with Crippen molar-refractivity contribution in [1.29, 1.82) is 0 Å². The molecule has 1 unspecified atom stereocenters. The first-order chi connectivity index (χ1) is 10.2. The molecule has 0 radical (unpaired) electrons. The minimum absolute atomic E-state index is 0.109. The van der Waals surface area contributed by atoms with Crippen LogP contribution in [0.3, 0.4) is 0 Å². The lowest BCUT2D eigenvalue weighted by Crippen LogP contribution is -2.36. The van der Waals surface area contributed by atoms with Crippen molar-refractivity contribution >= 4 is 0 Å². The molecule has 0 bridgehead atoms. The summed E-state index contributed by atoms with van der Waals surface area (Å²) in [6, 6.07) is 4.14. The van der Waals surface area contributed by atoms with Crippen molar-refractivity contribution in [3.63, 3.8) is 0 Å². The molecule has 1 aliphatic heterocycles. The van der Waals surface area contributed by atoms with Crippen LogP contribution in [-0.4, -0.2) is 10.7 Å². The van der Waals surface area contributed by atoms with Crippen molar-refractivity contribution in [2.45, 2.75) is 83.7 Å². The van der Waals surface area contributed by atoms with Crippen LogP contribution in [0.15, 0.2) is 12.1 Å². The van der Waals surface area contributed by atoms with Crippen LogP contribution >= 0.6 is 0 Å². The van der Waals surface area contributed by atoms with Gasteiger partial charge in [0.15, 0.2) is 0 Å². The molecule has 1 heterocycles. The number of hydrogen-bond donors (Lipinski definition) is 1. The molecule has 1 aliphatic carbocycles. The zero-order valence-corrected chi connectivity index (χ0v) is 14.7. The first-order valence-corrected chi connectivity index (χ1v) is 8.78. The number of fused-ring (bicyclic) bond motifs is 1. The van der Waals surface area contributed by atoms with Crippen LogP contribution in [0.5, 0.6) is 11.5 Å². The zero-order valence-electron chi connectivity index (χ0n) is 14.7. The van der Waals surface area contributed by atoms with E-state index in [9.17, 15) is 5.11 Å². The van der Waals surface area contributed by atoms with Gasteiger partial charge >= 0.3 is 0 Å². The zero-order chi connectivity index (χ0) is 16.1. The van der Waals surface area contributed by atoms with Crippen LogP contribution in [0.2, 0.25) is 0 Å². The van der Waals surface area contributed by atoms with Crippen LogP contribution in [-0.2, 0) is 5.41 Å². The minimum Gasteiger partial charge on any atom is -0.508 e. The lowest BCUT2D eigenvalue weighted by Gasteiger charge is -2.40. The molecule has 1 atom stereocenters. The fraction of sp³-hybridized carbons (Fsp3) is 0.700. The van der Waals surface area contributed by atoms with Crippen molar-refractivity contribution < 1.29 is 9.84 Å². The maximum atomic E-state index is 10.7. The number of benzene rings is 1. The number of hydrogen-bond acceptors (Lipinski definition) is 2. The molecule has 1 aromatic rings. The van der Waals surface area contributed by atoms with Crippen molar-refractivity contribution in [2.75, 3.05) is 0 Å². The molecule has 2 heteroatoms. The Morgan fingerprint density at radius 1 is 1.14 bits per heavy atom. The van der Waals surface area contributed by atoms with Crippen molar-refractivity contribution in [3.8, 4) is 11.5 Å². The molecule has 1 N–H and O–H groups in total. The van der Waals surface area contributed by atoms with Gasteiger partial charge in [-0.2, -0.15) is 0 Å². The second-order valence-electron chi connectivity index (χ2n) is 8.59. The minimum atomic E-state index is -0.132. The van der Waals surface area contributed by atoms with E-state index < -0.39 is 0 Å². The molecule has 0 aromatic heterocycles. The first-order valence-electron chi connectivity index (χ1n) is 8.78. The molecule has 1 fully saturated rings. The Bertz CT molecular complexity index is 565. The normalized spacial score (nSPS) is 25.8. The summed E-state index contributed by atoms with van der Waals surface area (Å²) in [5.41, 5.74) is 2.26. The summed E-state index contributed by atoms with van der Waals surface area (Å²) in [4.78, 5) is 0. The Hall–Kier alpha value is -1.18. The van der Waals surface area contributed by atoms with E-state index >= 15 is 0 Å². The van der Waals surface area contributed by atoms with E-state index in [1.165, 1.54) is 18.4 Å². The second-order valence-corrected chi connectivity index (χ2v) is 8.59. The third kappa shape index (κ3) is 2.61. The van der Waals surface area contributed by atoms with Gasteiger partial charge in [0.05, 0.1) is 0 Å². The average molecular weight is 302 g/mol. The van der Waals surface area contributed by atoms with Crippen LogP contribution in [0.4, 0.5) is 0 Å². The number of phenolic OH excluding ortho intramolecular Hbond substituents is 1. The van der Waals surface area contributed by atoms with E-state index in [-0.39, 0.29) is 11.0 Å². The predicted octanol–water partition coefficient (Wildman–Crippen LogP) is 5.52. The molecule has 1 saturated carbocycles. The van der Waals surface area contributed by atoms with Crippen molar-refractivity contribution in [1.82, 2.24) is 0 Å². The van der Waals surface area contributed by atoms with Crippen LogP contribution in [0, 0.1) is 5.92 Å². The van der Waals surface area contributed by atoms with Gasteiger partial charge < -0.3 is 9.84 Å². The number of rotatable bonds is 2. The molecular formula is C20H30O2. The van der Waals surface area contributed by atoms with Gasteiger partial charge in [0.2, 0.25) is 0 Å². The Kier molecular flexibility index (Phi) is 3.70. The molecule has 3 rings (SSSR count). The highest BCUT2D eigenvalue weighted by Gasteiger charge is 2.39. The van der Waals surface area contributed by atoms with E-state index in [0.29, 0.717) is 17.6 Å². The van der Waals surface area contributed by atoms with Crippen molar-refractivity contribution in [3.05, 3.63) is 23.3 Å². The fourth-order valence-corrected chi connectivity index (χ4v) is 4.44. The summed E-state index contributed by atoms with van der Waals surface area (Å²) in [5, 5.41) is 10.7. The van der Waals surface area contributed by atoms with Gasteiger partial charge in [-0.3, -0.25) is 0 Å². The Morgan fingerprint density at radius 2 is 1.77 bits per heavy atom. The van der Waals surface area contributed by atoms with Crippen LogP contribution < -0.4 is 4.74 Å². The molecular weight excluding hydrogens is 272 g/mol. The lowest BCUT2D eigenvalue weighted by atomic mass is 9.75. The summed E-state index contributed by atoms with van der Waals surface area (Å²) < 4.78 is 6.29. The van der Waals surface area contributed by atoms with Crippen LogP contribution in [0.25, 0.3) is 0 Å². The Balaban J connectivity index is 2.09. The van der Waals surface area contributed by atoms with E-state index in [1.54, 1.807) is 0 Å². The first kappa shape index (κ1) is 15.7. The third-order valence-electron chi connectivity index (χ3n) is 5.79. The number of aromatic hydroxyl groups is 1. The molecule has 0 amide bonds. The maximum Gasteiger partial charge on any atom is 0.124 e. The molecule has 1 aromatic carbocycles. The highest BCUT2D eigenvalue weighted by molar-refractivity contribution is 5.52. The van der Waals surface area contributed by atoms with Crippen molar-refractivity contribution in [2.24, 2.45) is 5.92 Å². The summed E-state index contributed by atoms with van der Waals surface area (Å²) in [6.45, 7) is 11.2. The molecule has 122 valence electrons. The fourth-order valence-electron chi connectivity index (χ4n) is 4.44. The summed E-state index contributed by atoms with van der Waals surface area (Å²) in [5.74, 6) is 2.47. The van der Waals surface area contributed by atoms with E-state index in [1.807, 2.05) is 6.07 Å². The second kappa shape index (κ2) is 5.18. The highest BCUT2D eigenvalue weighted by atomic mass is 16.5.